The fourth-order valence-electron chi connectivity index (χ4n) is 2.53. The summed E-state index contributed by atoms with van der Waals surface area (Å²) in [5, 5.41) is 10.3. The third-order valence-corrected chi connectivity index (χ3v) is 4.08. The number of hydrogen-bond donors (Lipinski definition) is 1. The van der Waals surface area contributed by atoms with Gasteiger partial charge in [0.1, 0.15) is 12.6 Å². The van der Waals surface area contributed by atoms with Crippen LogP contribution in [-0.2, 0) is 16.1 Å². The van der Waals surface area contributed by atoms with E-state index in [-0.39, 0.29) is 18.0 Å². The van der Waals surface area contributed by atoms with Crippen molar-refractivity contribution >= 4 is 17.5 Å². The predicted octanol–water partition coefficient (Wildman–Crippen LogP) is 2.09. The molecule has 0 aliphatic carbocycles. The molecule has 0 bridgehead atoms. The van der Waals surface area contributed by atoms with Gasteiger partial charge in [-0.1, -0.05) is 18.2 Å². The predicted molar refractivity (Wildman–Crippen MR) is 94.8 cm³/mol. The Balaban J connectivity index is 1.80. The Kier molecular flexibility index (Phi) is 4.83. The first-order valence-corrected chi connectivity index (χ1v) is 8.00. The van der Waals surface area contributed by atoms with E-state index in [2.05, 4.69) is 20.5 Å². The van der Waals surface area contributed by atoms with E-state index in [1.807, 2.05) is 6.07 Å². The summed E-state index contributed by atoms with van der Waals surface area (Å²) in [4.78, 5) is 39.8. The number of amides is 2. The van der Waals surface area contributed by atoms with Gasteiger partial charge < -0.3 is 5.32 Å². The fraction of sp³-hybridized carbons (Fsp3) is 0.222. The number of rotatable bonds is 4. The van der Waals surface area contributed by atoms with Crippen LogP contribution in [0.1, 0.15) is 22.9 Å². The van der Waals surface area contributed by atoms with E-state index in [1.54, 1.807) is 38.1 Å². The van der Waals surface area contributed by atoms with Crippen LogP contribution in [-0.4, -0.2) is 21.4 Å². The molecule has 1 atom stereocenters. The maximum absolute atomic E-state index is 12.4. The minimum Gasteiger partial charge on any atom is -0.324 e. The third-order valence-electron chi connectivity index (χ3n) is 4.08. The van der Waals surface area contributed by atoms with Crippen molar-refractivity contribution in [1.82, 2.24) is 9.55 Å². The molecule has 2 aromatic rings. The number of anilines is 1. The molecule has 2 amide bonds. The molecule has 3 rings (SSSR count). The summed E-state index contributed by atoms with van der Waals surface area (Å²) in [5.41, 5.74) is 2.16. The fourth-order valence-corrected chi connectivity index (χ4v) is 2.53. The highest BCUT2D eigenvalue weighted by Gasteiger charge is 2.17. The van der Waals surface area contributed by atoms with E-state index in [0.717, 1.165) is 0 Å². The van der Waals surface area contributed by atoms with Crippen LogP contribution >= 0.6 is 0 Å². The molecule has 1 aromatic heterocycles. The van der Waals surface area contributed by atoms with E-state index in [0.29, 0.717) is 22.5 Å². The van der Waals surface area contributed by atoms with Gasteiger partial charge in [-0.3, -0.25) is 19.0 Å². The molecule has 26 heavy (non-hydrogen) atoms. The molecule has 2 heterocycles. The van der Waals surface area contributed by atoms with Gasteiger partial charge in [0, 0.05) is 28.6 Å². The first-order chi connectivity index (χ1) is 12.5. The van der Waals surface area contributed by atoms with Gasteiger partial charge in [0.05, 0.1) is 6.33 Å². The normalized spacial score (nSPS) is 15.9. The van der Waals surface area contributed by atoms with E-state index < -0.39 is 11.9 Å². The Hall–Kier alpha value is -3.42. The molecule has 0 saturated heterocycles. The molecule has 1 aromatic carbocycles. The summed E-state index contributed by atoms with van der Waals surface area (Å²) >= 11 is 0. The number of aromatic nitrogens is 2. The van der Waals surface area contributed by atoms with E-state index in [9.17, 15) is 14.4 Å². The highest BCUT2D eigenvalue weighted by Crippen LogP contribution is 2.28. The Labute approximate surface area is 149 Å². The van der Waals surface area contributed by atoms with Gasteiger partial charge in [0.15, 0.2) is 0 Å². The van der Waals surface area contributed by atoms with Gasteiger partial charge >= 0.3 is 0 Å². The average molecular weight is 351 g/mol. The van der Waals surface area contributed by atoms with Crippen molar-refractivity contribution in [1.29, 1.82) is 0 Å². The van der Waals surface area contributed by atoms with Gasteiger partial charge in [-0.2, -0.15) is 5.11 Å². The van der Waals surface area contributed by atoms with Gasteiger partial charge in [-0.25, -0.2) is 4.98 Å². The summed E-state index contributed by atoms with van der Waals surface area (Å²) in [7, 11) is 0. The molecule has 0 saturated carbocycles. The molecule has 1 unspecified atom stereocenters. The molecule has 1 N–H and O–H groups in total. The highest BCUT2D eigenvalue weighted by atomic mass is 16.2. The molecular formula is C18H17N5O3. The van der Waals surface area contributed by atoms with Crippen molar-refractivity contribution in [2.24, 2.45) is 10.2 Å². The number of carbonyl (C=O) groups is 2. The number of carbonyl (C=O) groups excluding carboxylic acids is 2. The van der Waals surface area contributed by atoms with Crippen molar-refractivity contribution in [3.8, 4) is 0 Å². The average Bonchev–Trinajstić information content (AvgIpc) is 2.63. The molecule has 1 aliphatic rings. The highest BCUT2D eigenvalue weighted by molar-refractivity contribution is 5.92. The van der Waals surface area contributed by atoms with Crippen molar-refractivity contribution in [2.45, 2.75) is 26.4 Å². The number of para-hydroxylation sites is 1. The number of hydrogen-bond acceptors (Lipinski definition) is 5. The zero-order valence-corrected chi connectivity index (χ0v) is 14.3. The molecule has 0 radical (unpaired) electrons. The second-order valence-corrected chi connectivity index (χ2v) is 5.88. The number of nitrogens with one attached hydrogen (secondary N) is 1. The lowest BCUT2D eigenvalue weighted by molar-refractivity contribution is -0.117. The lowest BCUT2D eigenvalue weighted by atomic mass is 10.0. The van der Waals surface area contributed by atoms with E-state index in [4.69, 9.17) is 0 Å². The van der Waals surface area contributed by atoms with Gasteiger partial charge in [0.25, 0.3) is 11.5 Å². The van der Waals surface area contributed by atoms with Crippen LogP contribution in [0, 0.1) is 13.8 Å². The second kappa shape index (κ2) is 7.22. The van der Waals surface area contributed by atoms with Crippen molar-refractivity contribution in [2.75, 3.05) is 5.32 Å². The molecular weight excluding hydrogens is 334 g/mol. The third kappa shape index (κ3) is 3.64. The minimum absolute atomic E-state index is 0.151. The topological polar surface area (TPSA) is 106 Å². The maximum atomic E-state index is 12.4. The number of benzene rings is 1. The van der Waals surface area contributed by atoms with Gasteiger partial charge in [0.2, 0.25) is 5.91 Å². The first kappa shape index (κ1) is 17.4. The van der Waals surface area contributed by atoms with E-state index in [1.165, 1.54) is 17.0 Å². The Morgan fingerprint density at radius 1 is 1.23 bits per heavy atom. The lowest BCUT2D eigenvalue weighted by Gasteiger charge is -2.15. The van der Waals surface area contributed by atoms with Crippen LogP contribution < -0.4 is 10.9 Å². The molecule has 1 aliphatic heterocycles. The summed E-state index contributed by atoms with van der Waals surface area (Å²) in [6.45, 7) is 3.27. The molecule has 8 heteroatoms. The van der Waals surface area contributed by atoms with Crippen LogP contribution in [0.4, 0.5) is 5.69 Å². The van der Waals surface area contributed by atoms with Crippen molar-refractivity contribution in [3.63, 3.8) is 0 Å². The van der Waals surface area contributed by atoms with Crippen LogP contribution in [0.5, 0.6) is 0 Å². The second-order valence-electron chi connectivity index (χ2n) is 5.88. The minimum atomic E-state index is -0.449. The maximum Gasteiger partial charge on any atom is 0.287 e. The number of aryl methyl sites for hydroxylation is 1. The largest absolute Gasteiger partial charge is 0.324 e. The monoisotopic (exact) mass is 351 g/mol. The SMILES string of the molecule is Cc1ncn(CC(=O)Nc2ccccc2C2C=CC(=O)N=N2)c(=O)c1C. The zero-order valence-electron chi connectivity index (χ0n) is 14.3. The number of azo groups is 1. The Morgan fingerprint density at radius 2 is 2.00 bits per heavy atom. The summed E-state index contributed by atoms with van der Waals surface area (Å²) in [5.74, 6) is -0.776. The zero-order chi connectivity index (χ0) is 18.7. The van der Waals surface area contributed by atoms with Crippen molar-refractivity contribution in [3.05, 3.63) is 69.9 Å². The summed E-state index contributed by atoms with van der Waals surface area (Å²) in [6, 6.07) is 6.66. The standard InChI is InChI=1S/C18H17N5O3/c1-11-12(2)19-10-23(18(11)26)9-17(25)20-14-6-4-3-5-13(14)15-7-8-16(24)22-21-15/h3-8,10,15H,9H2,1-2H3,(H,20,25). The van der Waals surface area contributed by atoms with Crippen LogP contribution in [0.2, 0.25) is 0 Å². The van der Waals surface area contributed by atoms with E-state index >= 15 is 0 Å². The quantitative estimate of drug-likeness (QED) is 0.910. The smallest absolute Gasteiger partial charge is 0.287 e. The summed E-state index contributed by atoms with van der Waals surface area (Å²) < 4.78 is 1.26. The molecule has 8 nitrogen and oxygen atoms in total. The molecule has 132 valence electrons. The molecule has 0 spiro atoms. The Bertz CT molecular complexity index is 975. The van der Waals surface area contributed by atoms with Crippen molar-refractivity contribution < 1.29 is 9.59 Å². The molecule has 0 fully saturated rings. The van der Waals surface area contributed by atoms with Crippen LogP contribution in [0.15, 0.2) is 57.8 Å². The number of nitrogens with zero attached hydrogens (tertiary/aromatic N) is 4. The lowest BCUT2D eigenvalue weighted by Crippen LogP contribution is -2.30. The van der Waals surface area contributed by atoms with Crippen LogP contribution in [0.25, 0.3) is 0 Å². The Morgan fingerprint density at radius 3 is 2.73 bits per heavy atom. The van der Waals surface area contributed by atoms with Gasteiger partial charge in [-0.15, -0.1) is 5.11 Å². The summed E-state index contributed by atoms with van der Waals surface area (Å²) in [6.07, 6.45) is 4.33. The van der Waals surface area contributed by atoms with Gasteiger partial charge in [-0.05, 0) is 26.0 Å². The van der Waals surface area contributed by atoms with Crippen LogP contribution in [0.3, 0.4) is 0 Å². The first-order valence-electron chi connectivity index (χ1n) is 8.00.